The standard InChI is InChI=1S/C17H25BrN2O/c1-14(17(21)20-11-7-3-4-8-12-20)19(2)13-15-9-5-6-10-16(15)18/h5-6,9-10,14H,3-4,7-8,11-13H2,1-2H3. The van der Waals surface area contributed by atoms with E-state index in [0.29, 0.717) is 0 Å². The van der Waals surface area contributed by atoms with E-state index in [2.05, 4.69) is 26.9 Å². The smallest absolute Gasteiger partial charge is 0.239 e. The second-order valence-electron chi connectivity index (χ2n) is 5.92. The molecule has 4 heteroatoms. The predicted octanol–water partition coefficient (Wildman–Crippen LogP) is 3.67. The zero-order valence-corrected chi connectivity index (χ0v) is 14.6. The van der Waals surface area contributed by atoms with Crippen LogP contribution in [0.15, 0.2) is 28.7 Å². The van der Waals surface area contributed by atoms with E-state index in [9.17, 15) is 4.79 Å². The highest BCUT2D eigenvalue weighted by Gasteiger charge is 2.24. The van der Waals surface area contributed by atoms with Gasteiger partial charge in [0.15, 0.2) is 0 Å². The SMILES string of the molecule is CC(C(=O)N1CCCCCC1)N(C)Cc1ccccc1Br. The summed E-state index contributed by atoms with van der Waals surface area (Å²) in [5, 5.41) is 0. The minimum atomic E-state index is -0.0739. The highest BCUT2D eigenvalue weighted by atomic mass is 79.9. The van der Waals surface area contributed by atoms with Gasteiger partial charge in [-0.2, -0.15) is 0 Å². The molecule has 1 unspecified atom stereocenters. The van der Waals surface area contributed by atoms with Crippen molar-refractivity contribution in [3.63, 3.8) is 0 Å². The quantitative estimate of drug-likeness (QED) is 0.825. The molecule has 1 heterocycles. The van der Waals surface area contributed by atoms with E-state index < -0.39 is 0 Å². The van der Waals surface area contributed by atoms with Gasteiger partial charge in [0.2, 0.25) is 5.91 Å². The van der Waals surface area contributed by atoms with Gasteiger partial charge in [0.25, 0.3) is 0 Å². The maximum Gasteiger partial charge on any atom is 0.239 e. The molecule has 0 aromatic heterocycles. The maximum atomic E-state index is 12.6. The minimum Gasteiger partial charge on any atom is -0.341 e. The van der Waals surface area contributed by atoms with Crippen molar-refractivity contribution in [2.24, 2.45) is 0 Å². The van der Waals surface area contributed by atoms with E-state index in [-0.39, 0.29) is 11.9 Å². The fraction of sp³-hybridized carbons (Fsp3) is 0.588. The molecule has 1 fully saturated rings. The van der Waals surface area contributed by atoms with Crippen LogP contribution in [0.1, 0.15) is 38.2 Å². The number of hydrogen-bond acceptors (Lipinski definition) is 2. The Morgan fingerprint density at radius 1 is 1.24 bits per heavy atom. The molecule has 1 aromatic carbocycles. The van der Waals surface area contributed by atoms with Crippen LogP contribution < -0.4 is 0 Å². The third kappa shape index (κ3) is 4.55. The van der Waals surface area contributed by atoms with Crippen LogP contribution >= 0.6 is 15.9 Å². The van der Waals surface area contributed by atoms with Crippen molar-refractivity contribution in [3.8, 4) is 0 Å². The Hall–Kier alpha value is -0.870. The Labute approximate surface area is 136 Å². The lowest BCUT2D eigenvalue weighted by molar-refractivity contribution is -0.136. The van der Waals surface area contributed by atoms with Crippen molar-refractivity contribution in [2.45, 2.75) is 45.2 Å². The van der Waals surface area contributed by atoms with Gasteiger partial charge < -0.3 is 4.90 Å². The van der Waals surface area contributed by atoms with Crippen LogP contribution in [0, 0.1) is 0 Å². The van der Waals surface area contributed by atoms with Gasteiger partial charge >= 0.3 is 0 Å². The number of hydrogen-bond donors (Lipinski definition) is 0. The zero-order chi connectivity index (χ0) is 15.2. The Balaban J connectivity index is 1.96. The summed E-state index contributed by atoms with van der Waals surface area (Å²) < 4.78 is 1.10. The van der Waals surface area contributed by atoms with Gasteiger partial charge in [-0.1, -0.05) is 47.0 Å². The predicted molar refractivity (Wildman–Crippen MR) is 90.1 cm³/mol. The van der Waals surface area contributed by atoms with Gasteiger partial charge in [0, 0.05) is 24.1 Å². The van der Waals surface area contributed by atoms with Crippen LogP contribution in [0.5, 0.6) is 0 Å². The average molecular weight is 353 g/mol. The molecule has 0 saturated carbocycles. The van der Waals surface area contributed by atoms with E-state index in [1.165, 1.54) is 18.4 Å². The van der Waals surface area contributed by atoms with E-state index in [1.807, 2.05) is 37.1 Å². The Bertz CT molecular complexity index is 470. The van der Waals surface area contributed by atoms with Gasteiger partial charge in [-0.25, -0.2) is 0 Å². The van der Waals surface area contributed by atoms with E-state index in [1.54, 1.807) is 0 Å². The molecular weight excluding hydrogens is 328 g/mol. The summed E-state index contributed by atoms with van der Waals surface area (Å²) >= 11 is 3.58. The first-order valence-corrected chi connectivity index (χ1v) is 8.61. The molecule has 3 nitrogen and oxygen atoms in total. The number of benzene rings is 1. The van der Waals surface area contributed by atoms with Crippen molar-refractivity contribution in [3.05, 3.63) is 34.3 Å². The molecule has 1 saturated heterocycles. The van der Waals surface area contributed by atoms with Crippen molar-refractivity contribution in [1.82, 2.24) is 9.80 Å². The number of likely N-dealkylation sites (N-methyl/N-ethyl adjacent to an activating group) is 1. The second kappa shape index (κ2) is 7.95. The number of likely N-dealkylation sites (tertiary alicyclic amines) is 1. The van der Waals surface area contributed by atoms with Crippen molar-refractivity contribution in [2.75, 3.05) is 20.1 Å². The van der Waals surface area contributed by atoms with Gasteiger partial charge in [-0.15, -0.1) is 0 Å². The van der Waals surface area contributed by atoms with Crippen LogP contribution in [-0.4, -0.2) is 41.9 Å². The number of halogens is 1. The molecule has 1 atom stereocenters. The highest BCUT2D eigenvalue weighted by molar-refractivity contribution is 9.10. The number of amides is 1. The Kier molecular flexibility index (Phi) is 6.24. The average Bonchev–Trinajstić information content (AvgIpc) is 2.77. The summed E-state index contributed by atoms with van der Waals surface area (Å²) in [7, 11) is 2.03. The van der Waals surface area contributed by atoms with Crippen LogP contribution in [0.4, 0.5) is 0 Å². The zero-order valence-electron chi connectivity index (χ0n) is 13.0. The van der Waals surface area contributed by atoms with Crippen molar-refractivity contribution in [1.29, 1.82) is 0 Å². The van der Waals surface area contributed by atoms with Gasteiger partial charge in [-0.3, -0.25) is 9.69 Å². The topological polar surface area (TPSA) is 23.6 Å². The summed E-state index contributed by atoms with van der Waals surface area (Å²) in [5.41, 5.74) is 1.22. The molecule has 21 heavy (non-hydrogen) atoms. The number of rotatable bonds is 4. The van der Waals surface area contributed by atoms with Gasteiger partial charge in [0.05, 0.1) is 6.04 Å². The third-order valence-corrected chi connectivity index (χ3v) is 5.09. The molecule has 1 aliphatic heterocycles. The number of carbonyl (C=O) groups excluding carboxylic acids is 1. The summed E-state index contributed by atoms with van der Waals surface area (Å²) in [5.74, 6) is 0.270. The first-order chi connectivity index (χ1) is 10.1. The van der Waals surface area contributed by atoms with Crippen LogP contribution in [0.25, 0.3) is 0 Å². The van der Waals surface area contributed by atoms with Crippen LogP contribution in [0.2, 0.25) is 0 Å². The van der Waals surface area contributed by atoms with Crippen molar-refractivity contribution < 1.29 is 4.79 Å². The van der Waals surface area contributed by atoms with Crippen LogP contribution in [-0.2, 0) is 11.3 Å². The summed E-state index contributed by atoms with van der Waals surface area (Å²) in [6.07, 6.45) is 4.80. The molecule has 2 rings (SSSR count). The molecule has 1 aliphatic rings. The summed E-state index contributed by atoms with van der Waals surface area (Å²) in [4.78, 5) is 16.8. The second-order valence-corrected chi connectivity index (χ2v) is 6.78. The molecule has 0 spiro atoms. The maximum absolute atomic E-state index is 12.6. The molecule has 0 radical (unpaired) electrons. The molecule has 0 bridgehead atoms. The molecule has 116 valence electrons. The van der Waals surface area contributed by atoms with E-state index in [4.69, 9.17) is 0 Å². The minimum absolute atomic E-state index is 0.0739. The number of carbonyl (C=O) groups is 1. The Morgan fingerprint density at radius 3 is 2.48 bits per heavy atom. The highest BCUT2D eigenvalue weighted by Crippen LogP contribution is 2.19. The molecule has 1 aromatic rings. The van der Waals surface area contributed by atoms with Crippen molar-refractivity contribution >= 4 is 21.8 Å². The molecule has 1 amide bonds. The molecular formula is C17H25BrN2O. The first kappa shape index (κ1) is 16.5. The van der Waals surface area contributed by atoms with Gasteiger partial charge in [-0.05, 0) is 38.4 Å². The lowest BCUT2D eigenvalue weighted by Gasteiger charge is -2.30. The Morgan fingerprint density at radius 2 is 1.86 bits per heavy atom. The fourth-order valence-corrected chi connectivity index (χ4v) is 3.19. The van der Waals surface area contributed by atoms with Gasteiger partial charge in [0.1, 0.15) is 0 Å². The largest absolute Gasteiger partial charge is 0.341 e. The lowest BCUT2D eigenvalue weighted by atomic mass is 10.1. The monoisotopic (exact) mass is 352 g/mol. The van der Waals surface area contributed by atoms with E-state index >= 15 is 0 Å². The van der Waals surface area contributed by atoms with E-state index in [0.717, 1.165) is 36.9 Å². The summed E-state index contributed by atoms with van der Waals surface area (Å²) in [6, 6.07) is 8.12. The molecule has 0 aliphatic carbocycles. The van der Waals surface area contributed by atoms with Crippen LogP contribution in [0.3, 0.4) is 0 Å². The molecule has 0 N–H and O–H groups in total. The third-order valence-electron chi connectivity index (χ3n) is 4.31. The lowest BCUT2D eigenvalue weighted by Crippen LogP contribution is -2.45. The number of nitrogens with zero attached hydrogens (tertiary/aromatic N) is 2. The summed E-state index contributed by atoms with van der Waals surface area (Å²) in [6.45, 7) is 4.64. The normalized spacial score (nSPS) is 17.6. The first-order valence-electron chi connectivity index (χ1n) is 7.82. The fourth-order valence-electron chi connectivity index (χ4n) is 2.78.